The maximum absolute atomic E-state index is 14.8. The van der Waals surface area contributed by atoms with Gasteiger partial charge in [0.2, 0.25) is 5.90 Å². The standard InChI is InChI=1S/C39H40N6O6/c1-38(2,3)51-33(47)21-22-39(37(48)44-43-34-29-13-6-4-11-27(29)28-12-5-7-14-30(28)34)35(31-15-8-9-16-32(31)42-45-40)50-36(41-39)25-17-19-26(20-18-25)49-24-10-23-46/h4-9,11-20,34-35,43,46H,10,21-24H2,1-3H3,(H,44,48)/t35-,39-/m0/s1. The Morgan fingerprint density at radius 1 is 0.941 bits per heavy atom. The minimum Gasteiger partial charge on any atom is -0.494 e. The number of nitrogens with zero attached hydrogens (tertiary/aromatic N) is 4. The molecule has 1 aliphatic carbocycles. The fraction of sp³-hybridized carbons (Fsp3) is 0.308. The van der Waals surface area contributed by atoms with Gasteiger partial charge >= 0.3 is 5.97 Å². The Morgan fingerprint density at radius 3 is 2.20 bits per heavy atom. The average molecular weight is 689 g/mol. The molecular weight excluding hydrogens is 648 g/mol. The molecule has 0 bridgehead atoms. The van der Waals surface area contributed by atoms with Crippen LogP contribution in [0.3, 0.4) is 0 Å². The number of carbonyl (C=O) groups is 2. The molecule has 51 heavy (non-hydrogen) atoms. The number of aliphatic hydroxyl groups is 1. The van der Waals surface area contributed by atoms with E-state index in [0.717, 1.165) is 22.3 Å². The quantitative estimate of drug-likeness (QED) is 0.0335. The number of esters is 1. The average Bonchev–Trinajstić information content (AvgIpc) is 3.67. The maximum Gasteiger partial charge on any atom is 0.306 e. The van der Waals surface area contributed by atoms with Crippen molar-refractivity contribution in [1.82, 2.24) is 10.9 Å². The van der Waals surface area contributed by atoms with E-state index in [9.17, 15) is 15.1 Å². The summed E-state index contributed by atoms with van der Waals surface area (Å²) >= 11 is 0. The van der Waals surface area contributed by atoms with Crippen molar-refractivity contribution in [2.75, 3.05) is 13.2 Å². The smallest absolute Gasteiger partial charge is 0.306 e. The molecule has 1 heterocycles. The minimum absolute atomic E-state index is 0.0174. The lowest BCUT2D eigenvalue weighted by molar-refractivity contribution is -0.155. The monoisotopic (exact) mass is 688 g/mol. The van der Waals surface area contributed by atoms with Crippen molar-refractivity contribution in [3.8, 4) is 16.9 Å². The van der Waals surface area contributed by atoms with Gasteiger partial charge in [-0.1, -0.05) is 77.9 Å². The molecule has 2 aliphatic rings. The van der Waals surface area contributed by atoms with E-state index in [1.54, 1.807) is 69.3 Å². The topological polar surface area (TPSA) is 167 Å². The molecule has 0 unspecified atom stereocenters. The SMILES string of the molecule is CC(C)(C)OC(=O)CC[C@]1(C(=O)NNC2c3ccccc3-c3ccccc32)N=C(c2ccc(OCCCO)cc2)O[C@H]1c1ccccc1N=[N+]=[N-]. The second-order valence-corrected chi connectivity index (χ2v) is 13.3. The van der Waals surface area contributed by atoms with Crippen molar-refractivity contribution in [2.45, 2.75) is 63.3 Å². The van der Waals surface area contributed by atoms with E-state index < -0.39 is 29.1 Å². The van der Waals surface area contributed by atoms with Crippen LogP contribution in [0.1, 0.15) is 74.4 Å². The predicted octanol–water partition coefficient (Wildman–Crippen LogP) is 7.16. The number of ether oxygens (including phenoxy) is 3. The number of aliphatic imine (C=N–C) groups is 1. The Labute approximate surface area is 296 Å². The first-order valence-corrected chi connectivity index (χ1v) is 16.8. The summed E-state index contributed by atoms with van der Waals surface area (Å²) in [6, 6.07) is 29.5. The highest BCUT2D eigenvalue weighted by Gasteiger charge is 2.54. The Morgan fingerprint density at radius 2 is 1.57 bits per heavy atom. The Hall–Kier alpha value is -5.68. The second kappa shape index (κ2) is 15.1. The molecule has 12 heteroatoms. The number of nitrogens with one attached hydrogen (secondary N) is 2. The summed E-state index contributed by atoms with van der Waals surface area (Å²) in [4.78, 5) is 36.0. The first-order chi connectivity index (χ1) is 24.6. The molecule has 1 amide bonds. The van der Waals surface area contributed by atoms with E-state index in [1.807, 2.05) is 48.5 Å². The molecule has 262 valence electrons. The van der Waals surface area contributed by atoms with E-state index in [1.165, 1.54) is 0 Å². The third-order valence-corrected chi connectivity index (χ3v) is 8.70. The van der Waals surface area contributed by atoms with Gasteiger partial charge in [0, 0.05) is 41.2 Å². The number of azide groups is 1. The molecule has 0 aromatic heterocycles. The van der Waals surface area contributed by atoms with Gasteiger partial charge in [0.25, 0.3) is 5.91 Å². The molecule has 0 saturated heterocycles. The van der Waals surface area contributed by atoms with Gasteiger partial charge in [-0.25, -0.2) is 10.4 Å². The molecule has 12 nitrogen and oxygen atoms in total. The molecule has 3 N–H and O–H groups in total. The third kappa shape index (κ3) is 7.58. The number of carbonyl (C=O) groups excluding carboxylic acids is 2. The number of benzene rings is 4. The van der Waals surface area contributed by atoms with Gasteiger partial charge in [-0.15, -0.1) is 0 Å². The van der Waals surface area contributed by atoms with Crippen molar-refractivity contribution in [1.29, 1.82) is 0 Å². The normalized spacial score (nSPS) is 17.7. The molecule has 4 aromatic carbocycles. The number of fused-ring (bicyclic) bond motifs is 3. The summed E-state index contributed by atoms with van der Waals surface area (Å²) in [5.74, 6) is -0.302. The van der Waals surface area contributed by atoms with Crippen LogP contribution in [0.4, 0.5) is 5.69 Å². The summed E-state index contributed by atoms with van der Waals surface area (Å²) < 4.78 is 17.9. The van der Waals surface area contributed by atoms with Gasteiger partial charge in [-0.2, -0.15) is 0 Å². The number of aliphatic hydroxyl groups excluding tert-OH is 1. The molecule has 0 saturated carbocycles. The van der Waals surface area contributed by atoms with Crippen LogP contribution in [0.15, 0.2) is 107 Å². The maximum atomic E-state index is 14.8. The van der Waals surface area contributed by atoms with Crippen LogP contribution in [-0.2, 0) is 19.1 Å². The lowest BCUT2D eigenvalue weighted by Gasteiger charge is -2.32. The van der Waals surface area contributed by atoms with Crippen LogP contribution < -0.4 is 15.6 Å². The van der Waals surface area contributed by atoms with Crippen LogP contribution in [-0.4, -0.2) is 47.2 Å². The van der Waals surface area contributed by atoms with E-state index in [-0.39, 0.29) is 37.1 Å². The minimum atomic E-state index is -1.71. The summed E-state index contributed by atoms with van der Waals surface area (Å²) in [6.45, 7) is 5.70. The highest BCUT2D eigenvalue weighted by atomic mass is 16.6. The van der Waals surface area contributed by atoms with E-state index >= 15 is 0 Å². The molecule has 0 spiro atoms. The molecular formula is C39H40N6O6. The Balaban J connectivity index is 1.40. The summed E-state index contributed by atoms with van der Waals surface area (Å²) in [5, 5.41) is 13.0. The fourth-order valence-corrected chi connectivity index (χ4v) is 6.44. The number of hydrogen-bond donors (Lipinski definition) is 3. The van der Waals surface area contributed by atoms with E-state index in [4.69, 9.17) is 24.3 Å². The molecule has 4 aromatic rings. The fourth-order valence-electron chi connectivity index (χ4n) is 6.44. The van der Waals surface area contributed by atoms with Crippen LogP contribution in [0.25, 0.3) is 21.6 Å². The zero-order valence-electron chi connectivity index (χ0n) is 28.7. The van der Waals surface area contributed by atoms with E-state index in [2.05, 4.69) is 20.9 Å². The number of hydrogen-bond acceptors (Lipinski definition) is 9. The molecule has 1 aliphatic heterocycles. The van der Waals surface area contributed by atoms with Gasteiger partial charge in [0.15, 0.2) is 11.6 Å². The third-order valence-electron chi connectivity index (χ3n) is 8.70. The largest absolute Gasteiger partial charge is 0.494 e. The number of rotatable bonds is 13. The summed E-state index contributed by atoms with van der Waals surface area (Å²) in [7, 11) is 0. The summed E-state index contributed by atoms with van der Waals surface area (Å²) in [6.07, 6.45) is -0.848. The van der Waals surface area contributed by atoms with Crippen molar-refractivity contribution in [3.05, 3.63) is 130 Å². The van der Waals surface area contributed by atoms with Gasteiger partial charge in [-0.05, 0) is 79.2 Å². The molecule has 0 radical (unpaired) electrons. The molecule has 6 rings (SSSR count). The lowest BCUT2D eigenvalue weighted by atomic mass is 9.83. The van der Waals surface area contributed by atoms with Crippen LogP contribution in [0, 0.1) is 0 Å². The highest BCUT2D eigenvalue weighted by Crippen LogP contribution is 2.47. The first-order valence-electron chi connectivity index (χ1n) is 16.8. The van der Waals surface area contributed by atoms with Crippen LogP contribution >= 0.6 is 0 Å². The van der Waals surface area contributed by atoms with Gasteiger partial charge in [0.1, 0.15) is 11.4 Å². The second-order valence-electron chi connectivity index (χ2n) is 13.3. The zero-order chi connectivity index (χ0) is 36.0. The van der Waals surface area contributed by atoms with Gasteiger partial charge in [-0.3, -0.25) is 15.0 Å². The zero-order valence-corrected chi connectivity index (χ0v) is 28.7. The van der Waals surface area contributed by atoms with Gasteiger partial charge < -0.3 is 19.3 Å². The number of hydrazine groups is 1. The predicted molar refractivity (Wildman–Crippen MR) is 192 cm³/mol. The van der Waals surface area contributed by atoms with Gasteiger partial charge in [0.05, 0.1) is 12.6 Å². The van der Waals surface area contributed by atoms with Crippen LogP contribution in [0.2, 0.25) is 0 Å². The van der Waals surface area contributed by atoms with Crippen molar-refractivity contribution in [2.24, 2.45) is 10.1 Å². The molecule has 2 atom stereocenters. The lowest BCUT2D eigenvalue weighted by Crippen LogP contribution is -2.53. The first kappa shape index (κ1) is 35.2. The van der Waals surface area contributed by atoms with Crippen molar-refractivity contribution < 1.29 is 28.9 Å². The van der Waals surface area contributed by atoms with Crippen molar-refractivity contribution in [3.63, 3.8) is 0 Å². The summed E-state index contributed by atoms with van der Waals surface area (Å²) in [5.41, 5.74) is 18.6. The van der Waals surface area contributed by atoms with Crippen LogP contribution in [0.5, 0.6) is 5.75 Å². The number of amides is 1. The Kier molecular flexibility index (Phi) is 10.4. The van der Waals surface area contributed by atoms with Crippen molar-refractivity contribution >= 4 is 23.5 Å². The van der Waals surface area contributed by atoms with E-state index in [0.29, 0.717) is 29.9 Å². The molecule has 0 fully saturated rings. The Bertz CT molecular complexity index is 1940. The highest BCUT2D eigenvalue weighted by molar-refractivity contribution is 6.01.